The van der Waals surface area contributed by atoms with Crippen LogP contribution in [0.5, 0.6) is 5.75 Å². The van der Waals surface area contributed by atoms with E-state index in [0.29, 0.717) is 10.2 Å². The molecule has 0 aliphatic carbocycles. The first-order chi connectivity index (χ1) is 8.61. The topological polar surface area (TPSA) is 47.0 Å². The first-order valence-electron chi connectivity index (χ1n) is 4.88. The predicted molar refractivity (Wildman–Crippen MR) is 67.8 cm³/mol. The summed E-state index contributed by atoms with van der Waals surface area (Å²) in [5.74, 6) is -2.16. The monoisotopic (exact) mass is 335 g/mol. The Bertz CT molecular complexity index is 564. The predicted octanol–water partition coefficient (Wildman–Crippen LogP) is 3.20. The van der Waals surface area contributed by atoms with Crippen molar-refractivity contribution in [2.75, 3.05) is 12.4 Å². The van der Waals surface area contributed by atoms with Crippen molar-refractivity contribution in [3.05, 3.63) is 33.9 Å². The van der Waals surface area contributed by atoms with Crippen LogP contribution in [0.15, 0.2) is 16.6 Å². The number of rotatable bonds is 4. The molecule has 18 heavy (non-hydrogen) atoms. The van der Waals surface area contributed by atoms with Crippen LogP contribution in [0.25, 0.3) is 0 Å². The smallest absolute Gasteiger partial charge is 0.200 e. The van der Waals surface area contributed by atoms with Gasteiger partial charge in [0.2, 0.25) is 5.82 Å². The van der Waals surface area contributed by atoms with Crippen LogP contribution >= 0.6 is 27.5 Å². The van der Waals surface area contributed by atoms with Gasteiger partial charge in [0.05, 0.1) is 0 Å². The minimum Gasteiger partial charge on any atom is -0.484 e. The average Bonchev–Trinajstić information content (AvgIpc) is 2.79. The minimum absolute atomic E-state index is 0.0134. The lowest BCUT2D eigenvalue weighted by Gasteiger charge is -2.07. The van der Waals surface area contributed by atoms with Crippen LogP contribution < -0.4 is 10.1 Å². The number of ether oxygens (including phenoxy) is 1. The summed E-state index contributed by atoms with van der Waals surface area (Å²) in [4.78, 5) is 0. The van der Waals surface area contributed by atoms with Crippen molar-refractivity contribution in [3.63, 3.8) is 0 Å². The number of anilines is 1. The van der Waals surface area contributed by atoms with E-state index >= 15 is 0 Å². The quantitative estimate of drug-likeness (QED) is 0.871. The molecule has 0 unspecified atom stereocenters. The molecule has 4 nitrogen and oxygen atoms in total. The summed E-state index contributed by atoms with van der Waals surface area (Å²) in [6, 6.07) is 2.39. The summed E-state index contributed by atoms with van der Waals surface area (Å²) in [5.41, 5.74) is 0.544. The Balaban J connectivity index is 2.16. The molecule has 0 bridgehead atoms. The largest absolute Gasteiger partial charge is 0.484 e. The third-order valence-corrected chi connectivity index (χ3v) is 3.35. The summed E-state index contributed by atoms with van der Waals surface area (Å²) in [6.45, 7) is 0.0134. The molecule has 1 aromatic carbocycles. The van der Waals surface area contributed by atoms with Crippen LogP contribution in [0.3, 0.4) is 0 Å². The van der Waals surface area contributed by atoms with E-state index in [9.17, 15) is 8.78 Å². The number of aromatic nitrogens is 2. The molecule has 96 valence electrons. The fraction of sp³-hybridized carbons (Fsp3) is 0.200. The number of halogens is 3. The van der Waals surface area contributed by atoms with Crippen molar-refractivity contribution in [1.82, 2.24) is 9.59 Å². The van der Waals surface area contributed by atoms with Crippen LogP contribution in [0.4, 0.5) is 13.8 Å². The Hall–Kier alpha value is -1.28. The number of nitrogens with one attached hydrogen (secondary N) is 1. The molecule has 2 rings (SSSR count). The summed E-state index contributed by atoms with van der Waals surface area (Å²) in [6.07, 6.45) is 0. The number of benzene rings is 1. The van der Waals surface area contributed by atoms with Crippen molar-refractivity contribution < 1.29 is 13.5 Å². The third kappa shape index (κ3) is 2.75. The van der Waals surface area contributed by atoms with Gasteiger partial charge in [-0.15, -0.1) is 5.10 Å². The minimum atomic E-state index is -1.02. The van der Waals surface area contributed by atoms with E-state index in [-0.39, 0.29) is 12.4 Å². The highest BCUT2D eigenvalue weighted by Crippen LogP contribution is 2.27. The lowest BCUT2D eigenvalue weighted by atomic mass is 10.3. The van der Waals surface area contributed by atoms with Crippen LogP contribution in [0, 0.1) is 11.6 Å². The summed E-state index contributed by atoms with van der Waals surface area (Å²) >= 11 is 4.23. The van der Waals surface area contributed by atoms with Crippen LogP contribution in [0.1, 0.15) is 5.69 Å². The molecule has 0 fully saturated rings. The molecule has 0 spiro atoms. The van der Waals surface area contributed by atoms with Gasteiger partial charge in [0.15, 0.2) is 11.6 Å². The number of hydrogen-bond donors (Lipinski definition) is 1. The Morgan fingerprint density at radius 1 is 1.44 bits per heavy atom. The zero-order chi connectivity index (χ0) is 13.1. The Kier molecular flexibility index (Phi) is 4.07. The molecule has 0 aliphatic rings. The molecule has 1 N–H and O–H groups in total. The highest BCUT2D eigenvalue weighted by Gasteiger charge is 2.13. The Labute approximate surface area is 114 Å². The van der Waals surface area contributed by atoms with E-state index in [0.717, 1.165) is 11.1 Å². The average molecular weight is 336 g/mol. The highest BCUT2D eigenvalue weighted by atomic mass is 79.9. The maximum Gasteiger partial charge on any atom is 0.200 e. The Morgan fingerprint density at radius 2 is 2.22 bits per heavy atom. The maximum absolute atomic E-state index is 13.4. The van der Waals surface area contributed by atoms with Gasteiger partial charge in [0.1, 0.15) is 17.3 Å². The van der Waals surface area contributed by atoms with E-state index in [4.69, 9.17) is 4.74 Å². The third-order valence-electron chi connectivity index (χ3n) is 2.11. The SMILES string of the molecule is CNc1snnc1COc1cc(Br)cc(F)c1F. The molecule has 0 aliphatic heterocycles. The summed E-state index contributed by atoms with van der Waals surface area (Å²) < 4.78 is 35.9. The molecule has 1 heterocycles. The highest BCUT2D eigenvalue weighted by molar-refractivity contribution is 9.10. The second-order valence-electron chi connectivity index (χ2n) is 3.29. The van der Waals surface area contributed by atoms with Gasteiger partial charge in [-0.25, -0.2) is 4.39 Å². The normalized spacial score (nSPS) is 10.4. The lowest BCUT2D eigenvalue weighted by Crippen LogP contribution is -2.02. The summed E-state index contributed by atoms with van der Waals surface area (Å²) in [5, 5.41) is 7.44. The maximum atomic E-state index is 13.4. The zero-order valence-corrected chi connectivity index (χ0v) is 11.6. The number of hydrogen-bond acceptors (Lipinski definition) is 5. The number of nitrogens with zero attached hydrogens (tertiary/aromatic N) is 2. The molecular weight excluding hydrogens is 328 g/mol. The Morgan fingerprint density at radius 3 is 2.94 bits per heavy atom. The molecule has 2 aromatic rings. The van der Waals surface area contributed by atoms with Gasteiger partial charge in [-0.3, -0.25) is 0 Å². The van der Waals surface area contributed by atoms with Crippen molar-refractivity contribution in [3.8, 4) is 5.75 Å². The molecule has 1 aromatic heterocycles. The van der Waals surface area contributed by atoms with E-state index in [1.165, 1.54) is 17.6 Å². The van der Waals surface area contributed by atoms with E-state index in [2.05, 4.69) is 30.8 Å². The summed E-state index contributed by atoms with van der Waals surface area (Å²) in [7, 11) is 1.72. The molecule has 0 saturated carbocycles. The second-order valence-corrected chi connectivity index (χ2v) is 4.96. The van der Waals surface area contributed by atoms with Crippen molar-refractivity contribution in [2.45, 2.75) is 6.61 Å². The molecule has 0 radical (unpaired) electrons. The fourth-order valence-corrected chi connectivity index (χ4v) is 2.20. The van der Waals surface area contributed by atoms with E-state index in [1.807, 2.05) is 0 Å². The first-order valence-corrected chi connectivity index (χ1v) is 6.44. The van der Waals surface area contributed by atoms with E-state index in [1.54, 1.807) is 7.05 Å². The molecular formula is C10H8BrF2N3OS. The van der Waals surface area contributed by atoms with Crippen LogP contribution in [-0.4, -0.2) is 16.6 Å². The van der Waals surface area contributed by atoms with Gasteiger partial charge in [-0.1, -0.05) is 20.4 Å². The van der Waals surface area contributed by atoms with Gasteiger partial charge in [-0.2, -0.15) is 4.39 Å². The van der Waals surface area contributed by atoms with Gasteiger partial charge in [-0.05, 0) is 12.1 Å². The molecule has 0 saturated heterocycles. The molecule has 8 heteroatoms. The fourth-order valence-electron chi connectivity index (χ4n) is 1.28. The van der Waals surface area contributed by atoms with Crippen LogP contribution in [-0.2, 0) is 6.61 Å². The molecule has 0 amide bonds. The second kappa shape index (κ2) is 5.57. The van der Waals surface area contributed by atoms with Crippen molar-refractivity contribution in [1.29, 1.82) is 0 Å². The van der Waals surface area contributed by atoms with Crippen LogP contribution in [0.2, 0.25) is 0 Å². The lowest BCUT2D eigenvalue weighted by molar-refractivity contribution is 0.280. The zero-order valence-electron chi connectivity index (χ0n) is 9.21. The first kappa shape index (κ1) is 13.2. The van der Waals surface area contributed by atoms with E-state index < -0.39 is 11.6 Å². The van der Waals surface area contributed by atoms with Gasteiger partial charge >= 0.3 is 0 Å². The standard InChI is InChI=1S/C10H8BrF2N3OS/c1-14-10-7(15-16-18-10)4-17-8-3-5(11)2-6(12)9(8)13/h2-3,14H,4H2,1H3. The van der Waals surface area contributed by atoms with Gasteiger partial charge in [0.25, 0.3) is 0 Å². The van der Waals surface area contributed by atoms with Crippen molar-refractivity contribution >= 4 is 32.5 Å². The van der Waals surface area contributed by atoms with Gasteiger partial charge in [0, 0.05) is 23.1 Å². The van der Waals surface area contributed by atoms with Gasteiger partial charge < -0.3 is 10.1 Å². The molecule has 0 atom stereocenters. The van der Waals surface area contributed by atoms with Crippen molar-refractivity contribution in [2.24, 2.45) is 0 Å².